The molecule has 22 heavy (non-hydrogen) atoms. The molecule has 1 N–H and O–H groups in total. The smallest absolute Gasteiger partial charge is 0.336 e. The van der Waals surface area contributed by atoms with E-state index in [1.165, 1.54) is 20.4 Å². The fourth-order valence-electron chi connectivity index (χ4n) is 2.38. The van der Waals surface area contributed by atoms with Crippen molar-refractivity contribution in [1.82, 2.24) is 5.32 Å². The Bertz CT molecular complexity index is 661. The summed E-state index contributed by atoms with van der Waals surface area (Å²) in [6, 6.07) is 6.78. The summed E-state index contributed by atoms with van der Waals surface area (Å²) in [4.78, 5) is 22.9. The van der Waals surface area contributed by atoms with E-state index < -0.39 is 16.8 Å². The molecular weight excluding hydrogens is 288 g/mol. The molecule has 0 saturated heterocycles. The van der Waals surface area contributed by atoms with Crippen LogP contribution in [0, 0.1) is 10.1 Å². The van der Waals surface area contributed by atoms with Crippen LogP contribution in [-0.2, 0) is 9.53 Å². The first kappa shape index (κ1) is 15.6. The average Bonchev–Trinajstić information content (AvgIpc) is 2.53. The number of hydrogen-bond acceptors (Lipinski definition) is 6. The Morgan fingerprint density at radius 3 is 2.41 bits per heavy atom. The molecule has 1 heterocycles. The molecule has 0 spiro atoms. The number of hydrogen-bond donors (Lipinski definition) is 1. The lowest BCUT2D eigenvalue weighted by Gasteiger charge is -2.23. The second kappa shape index (κ2) is 6.30. The van der Waals surface area contributed by atoms with Crippen LogP contribution in [0.4, 0.5) is 0 Å². The minimum absolute atomic E-state index is 0.115. The van der Waals surface area contributed by atoms with Crippen LogP contribution in [-0.4, -0.2) is 25.1 Å². The highest BCUT2D eigenvalue weighted by Crippen LogP contribution is 2.37. The van der Waals surface area contributed by atoms with Gasteiger partial charge in [-0.3, -0.25) is 10.1 Å². The van der Waals surface area contributed by atoms with Gasteiger partial charge in [0, 0.05) is 5.70 Å². The Hall–Kier alpha value is -2.83. The lowest BCUT2D eigenvalue weighted by molar-refractivity contribution is -0.429. The molecule has 1 atom stereocenters. The SMILES string of the molecule is COC(=O)C1=C(C)NC=C([N+](=O)[O-])[C@H]1c1ccc(OC)cc1. The van der Waals surface area contributed by atoms with Gasteiger partial charge >= 0.3 is 5.97 Å². The lowest BCUT2D eigenvalue weighted by Crippen LogP contribution is -2.28. The molecule has 0 bridgehead atoms. The maximum atomic E-state index is 12.1. The van der Waals surface area contributed by atoms with E-state index in [2.05, 4.69) is 5.32 Å². The number of benzene rings is 1. The van der Waals surface area contributed by atoms with Crippen molar-refractivity contribution in [3.8, 4) is 5.75 Å². The third-order valence-corrected chi connectivity index (χ3v) is 3.49. The van der Waals surface area contributed by atoms with Crippen molar-refractivity contribution in [2.75, 3.05) is 14.2 Å². The van der Waals surface area contributed by atoms with E-state index >= 15 is 0 Å². The Morgan fingerprint density at radius 2 is 1.91 bits per heavy atom. The quantitative estimate of drug-likeness (QED) is 0.519. The van der Waals surface area contributed by atoms with Gasteiger partial charge in [0.15, 0.2) is 0 Å². The number of nitrogens with zero attached hydrogens (tertiary/aromatic N) is 1. The van der Waals surface area contributed by atoms with Crippen LogP contribution < -0.4 is 10.1 Å². The number of dihydropyridines is 1. The third kappa shape index (κ3) is 2.78. The van der Waals surface area contributed by atoms with Crippen molar-refractivity contribution in [2.24, 2.45) is 0 Å². The van der Waals surface area contributed by atoms with Crippen LogP contribution in [0.25, 0.3) is 0 Å². The molecule has 0 aromatic heterocycles. The Kier molecular flexibility index (Phi) is 4.45. The summed E-state index contributed by atoms with van der Waals surface area (Å²) in [5.41, 5.74) is 1.25. The van der Waals surface area contributed by atoms with Gasteiger partial charge in [-0.2, -0.15) is 0 Å². The zero-order valence-electron chi connectivity index (χ0n) is 12.5. The molecule has 0 unspecified atom stereocenters. The van der Waals surface area contributed by atoms with Crippen LogP contribution in [0.15, 0.2) is 47.4 Å². The van der Waals surface area contributed by atoms with Crippen molar-refractivity contribution in [1.29, 1.82) is 0 Å². The summed E-state index contributed by atoms with van der Waals surface area (Å²) < 4.78 is 9.86. The maximum absolute atomic E-state index is 12.1. The first-order chi connectivity index (χ1) is 10.5. The molecule has 0 radical (unpaired) electrons. The Balaban J connectivity index is 2.55. The highest BCUT2D eigenvalue weighted by atomic mass is 16.6. The molecule has 0 amide bonds. The summed E-state index contributed by atoms with van der Waals surface area (Å²) >= 11 is 0. The summed E-state index contributed by atoms with van der Waals surface area (Å²) in [5.74, 6) is -0.766. The van der Waals surface area contributed by atoms with Gasteiger partial charge in [-0.25, -0.2) is 4.79 Å². The van der Waals surface area contributed by atoms with E-state index in [9.17, 15) is 14.9 Å². The second-order valence-electron chi connectivity index (χ2n) is 4.71. The topological polar surface area (TPSA) is 90.7 Å². The largest absolute Gasteiger partial charge is 0.497 e. The molecule has 1 aliphatic heterocycles. The van der Waals surface area contributed by atoms with Crippen LogP contribution >= 0.6 is 0 Å². The second-order valence-corrected chi connectivity index (χ2v) is 4.71. The predicted octanol–water partition coefficient (Wildman–Crippen LogP) is 1.95. The molecule has 7 nitrogen and oxygen atoms in total. The van der Waals surface area contributed by atoms with Gasteiger partial charge in [0.05, 0.1) is 30.9 Å². The molecule has 7 heteroatoms. The number of methoxy groups -OCH3 is 2. The van der Waals surface area contributed by atoms with Crippen molar-refractivity contribution < 1.29 is 19.2 Å². The van der Waals surface area contributed by atoms with Crippen LogP contribution in [0.5, 0.6) is 5.75 Å². The Labute approximate surface area is 127 Å². The van der Waals surface area contributed by atoms with Crippen molar-refractivity contribution in [2.45, 2.75) is 12.8 Å². The van der Waals surface area contributed by atoms with E-state index in [0.29, 0.717) is 17.0 Å². The number of carbonyl (C=O) groups excluding carboxylic acids is 1. The van der Waals surface area contributed by atoms with Crippen LogP contribution in [0.2, 0.25) is 0 Å². The molecule has 116 valence electrons. The van der Waals surface area contributed by atoms with Crippen LogP contribution in [0.3, 0.4) is 0 Å². The number of carbonyl (C=O) groups is 1. The van der Waals surface area contributed by atoms with Crippen molar-refractivity contribution in [3.05, 3.63) is 63.1 Å². The molecule has 2 rings (SSSR count). The van der Waals surface area contributed by atoms with E-state index in [0.717, 1.165) is 0 Å². The minimum atomic E-state index is -0.797. The monoisotopic (exact) mass is 304 g/mol. The summed E-state index contributed by atoms with van der Waals surface area (Å²) in [6.07, 6.45) is 1.30. The number of nitro groups is 1. The standard InChI is InChI=1S/C15H16N2O5/c1-9-13(15(18)22-3)14(12(8-16-9)17(19)20)10-4-6-11(21-2)7-5-10/h4-8,14,16H,1-3H3/t14-/m1/s1. The van der Waals surface area contributed by atoms with Gasteiger partial charge in [0.25, 0.3) is 5.70 Å². The first-order valence-electron chi connectivity index (χ1n) is 6.53. The van der Waals surface area contributed by atoms with Gasteiger partial charge in [-0.1, -0.05) is 12.1 Å². The fourth-order valence-corrected chi connectivity index (χ4v) is 2.38. The van der Waals surface area contributed by atoms with Gasteiger partial charge in [0.1, 0.15) is 11.7 Å². The summed E-state index contributed by atoms with van der Waals surface area (Å²) in [6.45, 7) is 1.68. The third-order valence-electron chi connectivity index (χ3n) is 3.49. The normalized spacial score (nSPS) is 17.4. The van der Waals surface area contributed by atoms with Crippen LogP contribution in [0.1, 0.15) is 18.4 Å². The average molecular weight is 304 g/mol. The number of esters is 1. The number of ether oxygens (including phenoxy) is 2. The van der Waals surface area contributed by atoms with Crippen molar-refractivity contribution in [3.63, 3.8) is 0 Å². The van der Waals surface area contributed by atoms with Crippen molar-refractivity contribution >= 4 is 5.97 Å². The molecule has 1 aromatic rings. The predicted molar refractivity (Wildman–Crippen MR) is 78.7 cm³/mol. The van der Waals surface area contributed by atoms with E-state index in [-0.39, 0.29) is 11.3 Å². The molecule has 1 aliphatic rings. The van der Waals surface area contributed by atoms with Gasteiger partial charge in [-0.05, 0) is 24.6 Å². The maximum Gasteiger partial charge on any atom is 0.336 e. The number of allylic oxidation sites excluding steroid dienone is 2. The number of nitrogens with one attached hydrogen (secondary N) is 1. The zero-order valence-corrected chi connectivity index (χ0v) is 12.5. The lowest BCUT2D eigenvalue weighted by atomic mass is 9.85. The molecule has 0 fully saturated rings. The van der Waals surface area contributed by atoms with E-state index in [4.69, 9.17) is 9.47 Å². The zero-order chi connectivity index (χ0) is 16.3. The van der Waals surface area contributed by atoms with E-state index in [1.807, 2.05) is 0 Å². The molecule has 0 saturated carbocycles. The molecule has 1 aromatic carbocycles. The van der Waals surface area contributed by atoms with Gasteiger partial charge in [0.2, 0.25) is 0 Å². The first-order valence-corrected chi connectivity index (χ1v) is 6.53. The highest BCUT2D eigenvalue weighted by molar-refractivity contribution is 5.92. The van der Waals surface area contributed by atoms with E-state index in [1.54, 1.807) is 31.2 Å². The minimum Gasteiger partial charge on any atom is -0.497 e. The molecule has 0 aliphatic carbocycles. The Morgan fingerprint density at radius 1 is 1.27 bits per heavy atom. The fraction of sp³-hybridized carbons (Fsp3) is 0.267. The number of rotatable bonds is 4. The van der Waals surface area contributed by atoms with Gasteiger partial charge < -0.3 is 14.8 Å². The highest BCUT2D eigenvalue weighted by Gasteiger charge is 2.38. The molecular formula is C15H16N2O5. The summed E-state index contributed by atoms with van der Waals surface area (Å²) in [7, 11) is 2.78. The summed E-state index contributed by atoms with van der Waals surface area (Å²) in [5, 5.41) is 14.1. The van der Waals surface area contributed by atoms with Gasteiger partial charge in [-0.15, -0.1) is 0 Å².